The van der Waals surface area contributed by atoms with E-state index in [1.54, 1.807) is 12.1 Å². The van der Waals surface area contributed by atoms with E-state index in [-0.39, 0.29) is 12.2 Å². The fourth-order valence-electron chi connectivity index (χ4n) is 1.15. The van der Waals surface area contributed by atoms with Gasteiger partial charge in [0, 0.05) is 4.47 Å². The monoisotopic (exact) mass is 267 g/mol. The summed E-state index contributed by atoms with van der Waals surface area (Å²) in [6.07, 6.45) is -0.213. The zero-order valence-electron chi connectivity index (χ0n) is 7.51. The minimum absolute atomic E-state index is 0.213. The molecule has 1 aromatic heterocycles. The van der Waals surface area contributed by atoms with E-state index in [9.17, 15) is 4.79 Å². The van der Waals surface area contributed by atoms with Crippen molar-refractivity contribution in [3.05, 3.63) is 28.5 Å². The maximum atomic E-state index is 10.5. The molecule has 1 heterocycles. The molecule has 0 radical (unpaired) electrons. The molecular formula is C9H6BrN3O2. The average molecular weight is 268 g/mol. The molecule has 6 heteroatoms. The average Bonchev–Trinajstić information content (AvgIpc) is 2.16. The third-order valence-electron chi connectivity index (χ3n) is 1.77. The summed E-state index contributed by atoms with van der Waals surface area (Å²) in [5, 5.41) is 16.2. The Hall–Kier alpha value is -1.56. The largest absolute Gasteiger partial charge is 0.481 e. The van der Waals surface area contributed by atoms with Gasteiger partial charge in [0.25, 0.3) is 0 Å². The van der Waals surface area contributed by atoms with Gasteiger partial charge in [-0.3, -0.25) is 4.79 Å². The number of hydrogen-bond donors (Lipinski definition) is 1. The van der Waals surface area contributed by atoms with Crippen LogP contribution in [0.15, 0.2) is 22.7 Å². The third-order valence-corrected chi connectivity index (χ3v) is 2.26. The molecule has 0 unspecified atom stereocenters. The summed E-state index contributed by atoms with van der Waals surface area (Å²) < 4.78 is 0.872. The number of nitrogens with zero attached hydrogens (tertiary/aromatic N) is 3. The smallest absolute Gasteiger partial charge is 0.311 e. The predicted molar refractivity (Wildman–Crippen MR) is 56.4 cm³/mol. The first-order chi connectivity index (χ1) is 7.15. The number of aromatic nitrogens is 3. The molecule has 0 aliphatic carbocycles. The fourth-order valence-corrected chi connectivity index (χ4v) is 1.50. The fraction of sp³-hybridized carbons (Fsp3) is 0.111. The summed E-state index contributed by atoms with van der Waals surface area (Å²) in [5.41, 5.74) is 1.28. The molecule has 0 saturated heterocycles. The molecule has 1 N–H and O–H groups in total. The molecule has 5 nitrogen and oxygen atoms in total. The van der Waals surface area contributed by atoms with Gasteiger partial charge in [0.15, 0.2) is 5.82 Å². The highest BCUT2D eigenvalue weighted by Gasteiger charge is 2.06. The Bertz CT molecular complexity index is 530. The number of carboxylic acid groups (broad SMARTS) is 1. The van der Waals surface area contributed by atoms with Crippen LogP contribution in [0, 0.1) is 0 Å². The van der Waals surface area contributed by atoms with Crippen LogP contribution in [0.25, 0.3) is 11.0 Å². The molecule has 15 heavy (non-hydrogen) atoms. The second kappa shape index (κ2) is 3.90. The van der Waals surface area contributed by atoms with E-state index in [0.717, 1.165) is 4.47 Å². The normalized spacial score (nSPS) is 10.5. The van der Waals surface area contributed by atoms with Crippen LogP contribution in [-0.4, -0.2) is 26.3 Å². The van der Waals surface area contributed by atoms with Gasteiger partial charge in [-0.15, -0.1) is 10.2 Å². The lowest BCUT2D eigenvalue weighted by Crippen LogP contribution is -2.06. The highest BCUT2D eigenvalue weighted by atomic mass is 79.9. The Labute approximate surface area is 93.3 Å². The first-order valence-corrected chi connectivity index (χ1v) is 4.95. The van der Waals surface area contributed by atoms with Crippen LogP contribution < -0.4 is 0 Å². The van der Waals surface area contributed by atoms with Crippen molar-refractivity contribution in [2.24, 2.45) is 0 Å². The topological polar surface area (TPSA) is 76.0 Å². The highest BCUT2D eigenvalue weighted by Crippen LogP contribution is 2.15. The van der Waals surface area contributed by atoms with Gasteiger partial charge in [0.05, 0.1) is 5.52 Å². The van der Waals surface area contributed by atoms with E-state index in [1.807, 2.05) is 6.07 Å². The van der Waals surface area contributed by atoms with Crippen molar-refractivity contribution >= 4 is 32.9 Å². The van der Waals surface area contributed by atoms with Gasteiger partial charge < -0.3 is 5.11 Å². The molecule has 0 fully saturated rings. The Morgan fingerprint density at radius 2 is 2.13 bits per heavy atom. The summed E-state index contributed by atoms with van der Waals surface area (Å²) in [4.78, 5) is 14.5. The van der Waals surface area contributed by atoms with Crippen LogP contribution >= 0.6 is 15.9 Å². The van der Waals surface area contributed by atoms with Crippen LogP contribution in [0.2, 0.25) is 0 Å². The Morgan fingerprint density at radius 3 is 2.87 bits per heavy atom. The van der Waals surface area contributed by atoms with Gasteiger partial charge in [-0.05, 0) is 18.2 Å². The molecule has 0 atom stereocenters. The molecule has 0 bridgehead atoms. The van der Waals surface area contributed by atoms with Gasteiger partial charge in [0.1, 0.15) is 11.9 Å². The SMILES string of the molecule is O=C(O)Cc1nnc2ccc(Br)cc2n1. The number of hydrogen-bond acceptors (Lipinski definition) is 4. The zero-order chi connectivity index (χ0) is 10.8. The standard InChI is InChI=1S/C9H6BrN3O2/c10-5-1-2-6-7(3-5)11-8(13-12-6)4-9(14)15/h1-3H,4H2,(H,14,15). The lowest BCUT2D eigenvalue weighted by Gasteiger charge is -1.98. The van der Waals surface area contributed by atoms with Gasteiger partial charge in [0.2, 0.25) is 0 Å². The van der Waals surface area contributed by atoms with Crippen molar-refractivity contribution in [2.45, 2.75) is 6.42 Å². The molecule has 0 saturated carbocycles. The van der Waals surface area contributed by atoms with Crippen molar-refractivity contribution < 1.29 is 9.90 Å². The Balaban J connectivity index is 2.49. The molecule has 0 spiro atoms. The van der Waals surface area contributed by atoms with Gasteiger partial charge >= 0.3 is 5.97 Å². The maximum absolute atomic E-state index is 10.5. The van der Waals surface area contributed by atoms with Crippen LogP contribution in [0.5, 0.6) is 0 Å². The Kier molecular flexibility index (Phi) is 2.59. The van der Waals surface area contributed by atoms with Crippen LogP contribution in [-0.2, 0) is 11.2 Å². The van der Waals surface area contributed by atoms with Crippen molar-refractivity contribution in [2.75, 3.05) is 0 Å². The number of fused-ring (bicyclic) bond motifs is 1. The molecule has 1 aromatic carbocycles. The summed E-state index contributed by atoms with van der Waals surface area (Å²) in [6, 6.07) is 5.37. The van der Waals surface area contributed by atoms with Crippen molar-refractivity contribution in [3.8, 4) is 0 Å². The van der Waals surface area contributed by atoms with Gasteiger partial charge in [-0.1, -0.05) is 15.9 Å². The molecule has 0 aliphatic rings. The van der Waals surface area contributed by atoms with Crippen LogP contribution in [0.1, 0.15) is 5.82 Å². The second-order valence-electron chi connectivity index (χ2n) is 2.93. The van der Waals surface area contributed by atoms with Crippen LogP contribution in [0.3, 0.4) is 0 Å². The van der Waals surface area contributed by atoms with E-state index in [4.69, 9.17) is 5.11 Å². The number of rotatable bonds is 2. The quantitative estimate of drug-likeness (QED) is 0.891. The molecule has 0 aliphatic heterocycles. The predicted octanol–water partition coefficient (Wildman–Crippen LogP) is 1.41. The number of halogens is 1. The van der Waals surface area contributed by atoms with E-state index in [1.165, 1.54) is 0 Å². The zero-order valence-corrected chi connectivity index (χ0v) is 9.10. The first kappa shape index (κ1) is 9.97. The van der Waals surface area contributed by atoms with E-state index < -0.39 is 5.97 Å². The summed E-state index contributed by atoms with van der Waals surface area (Å²) in [6.45, 7) is 0. The van der Waals surface area contributed by atoms with E-state index >= 15 is 0 Å². The van der Waals surface area contributed by atoms with Crippen molar-refractivity contribution in [1.29, 1.82) is 0 Å². The molecule has 76 valence electrons. The minimum atomic E-state index is -0.967. The van der Waals surface area contributed by atoms with E-state index in [0.29, 0.717) is 11.0 Å². The highest BCUT2D eigenvalue weighted by molar-refractivity contribution is 9.10. The van der Waals surface area contributed by atoms with Gasteiger partial charge in [-0.25, -0.2) is 4.98 Å². The number of carboxylic acids is 1. The lowest BCUT2D eigenvalue weighted by atomic mass is 10.3. The maximum Gasteiger partial charge on any atom is 0.311 e. The van der Waals surface area contributed by atoms with Crippen molar-refractivity contribution in [3.63, 3.8) is 0 Å². The molecular weight excluding hydrogens is 262 g/mol. The Morgan fingerprint density at radius 1 is 1.33 bits per heavy atom. The number of aliphatic carboxylic acids is 1. The summed E-state index contributed by atoms with van der Waals surface area (Å²) >= 11 is 3.30. The summed E-state index contributed by atoms with van der Waals surface area (Å²) in [7, 11) is 0. The minimum Gasteiger partial charge on any atom is -0.481 e. The summed E-state index contributed by atoms with van der Waals surface area (Å²) in [5.74, 6) is -0.751. The van der Waals surface area contributed by atoms with E-state index in [2.05, 4.69) is 31.1 Å². The first-order valence-electron chi connectivity index (χ1n) is 4.16. The lowest BCUT2D eigenvalue weighted by molar-refractivity contribution is -0.136. The third kappa shape index (κ3) is 2.27. The number of benzene rings is 1. The molecule has 2 aromatic rings. The van der Waals surface area contributed by atoms with Gasteiger partial charge in [-0.2, -0.15) is 0 Å². The molecule has 2 rings (SSSR count). The van der Waals surface area contributed by atoms with Crippen LogP contribution in [0.4, 0.5) is 0 Å². The second-order valence-corrected chi connectivity index (χ2v) is 3.85. The molecule has 0 amide bonds. The van der Waals surface area contributed by atoms with Crippen molar-refractivity contribution in [1.82, 2.24) is 15.2 Å². The number of carbonyl (C=O) groups is 1.